The van der Waals surface area contributed by atoms with Gasteiger partial charge >= 0.3 is 0 Å². The van der Waals surface area contributed by atoms with Crippen molar-refractivity contribution >= 4 is 23.5 Å². The first-order chi connectivity index (χ1) is 12.6. The van der Waals surface area contributed by atoms with Gasteiger partial charge < -0.3 is 20.7 Å². The molecule has 0 radical (unpaired) electrons. The van der Waals surface area contributed by atoms with Gasteiger partial charge in [-0.25, -0.2) is 4.99 Å². The summed E-state index contributed by atoms with van der Waals surface area (Å²) < 4.78 is 5.82. The Morgan fingerprint density at radius 3 is 2.69 bits per heavy atom. The first-order valence-corrected chi connectivity index (χ1v) is 9.68. The summed E-state index contributed by atoms with van der Waals surface area (Å²) in [4.78, 5) is 16.2. The number of hydrogen-bond acceptors (Lipinski definition) is 3. The molecule has 0 heterocycles. The van der Waals surface area contributed by atoms with Gasteiger partial charge in [0.05, 0.1) is 6.54 Å². The van der Waals surface area contributed by atoms with Crippen LogP contribution in [0.3, 0.4) is 0 Å². The Labute approximate surface area is 160 Å². The topological polar surface area (TPSA) is 74.8 Å². The minimum Gasteiger partial charge on any atom is -0.489 e. The van der Waals surface area contributed by atoms with Crippen molar-refractivity contribution in [2.45, 2.75) is 51.7 Å². The molecule has 1 atom stereocenters. The smallest absolute Gasteiger partial charge is 0.220 e. The standard InChI is InChI=1S/C19H29ClN4O2/c1-3-21-19(22-12-4-5-18(25)24-16-8-9-16)23-13-14(2)26-17-10-6-15(20)7-11-17/h6-7,10-11,14,16H,3-5,8-9,12-13H2,1-2H3,(H,24,25)(H2,21,22,23). The molecule has 1 saturated carbocycles. The van der Waals surface area contributed by atoms with Crippen LogP contribution in [0.1, 0.15) is 39.5 Å². The summed E-state index contributed by atoms with van der Waals surface area (Å²) >= 11 is 5.87. The molecule has 6 nitrogen and oxygen atoms in total. The lowest BCUT2D eigenvalue weighted by atomic mass is 10.3. The van der Waals surface area contributed by atoms with Crippen molar-refractivity contribution in [2.75, 3.05) is 19.6 Å². The number of halogens is 1. The minimum atomic E-state index is -0.0593. The molecule has 0 saturated heterocycles. The quantitative estimate of drug-likeness (QED) is 0.331. The average Bonchev–Trinajstić information content (AvgIpc) is 3.42. The number of carbonyl (C=O) groups excluding carboxylic acids is 1. The fraction of sp³-hybridized carbons (Fsp3) is 0.579. The summed E-state index contributed by atoms with van der Waals surface area (Å²) in [6.45, 7) is 6.01. The van der Waals surface area contributed by atoms with Gasteiger partial charge in [-0.1, -0.05) is 11.6 Å². The maximum Gasteiger partial charge on any atom is 0.220 e. The minimum absolute atomic E-state index is 0.0593. The van der Waals surface area contributed by atoms with E-state index in [1.165, 1.54) is 0 Å². The maximum absolute atomic E-state index is 11.7. The molecule has 1 unspecified atom stereocenters. The molecule has 0 spiro atoms. The Bertz CT molecular complexity index is 588. The molecule has 1 aliphatic rings. The molecule has 3 N–H and O–H groups in total. The van der Waals surface area contributed by atoms with Crippen molar-refractivity contribution in [1.29, 1.82) is 0 Å². The second kappa shape index (κ2) is 10.9. The van der Waals surface area contributed by atoms with Crippen molar-refractivity contribution < 1.29 is 9.53 Å². The van der Waals surface area contributed by atoms with Crippen molar-refractivity contribution in [3.8, 4) is 5.75 Å². The molecule has 1 fully saturated rings. The SMILES string of the molecule is CCNC(=NCC(C)Oc1ccc(Cl)cc1)NCCCC(=O)NC1CC1. The lowest BCUT2D eigenvalue weighted by Gasteiger charge is -2.15. The third-order valence-electron chi connectivity index (χ3n) is 3.82. The fourth-order valence-electron chi connectivity index (χ4n) is 2.33. The zero-order chi connectivity index (χ0) is 18.8. The van der Waals surface area contributed by atoms with Crippen LogP contribution >= 0.6 is 11.6 Å². The van der Waals surface area contributed by atoms with Crippen LogP contribution in [0.2, 0.25) is 5.02 Å². The van der Waals surface area contributed by atoms with E-state index in [4.69, 9.17) is 16.3 Å². The Morgan fingerprint density at radius 1 is 1.31 bits per heavy atom. The maximum atomic E-state index is 11.7. The first kappa shape index (κ1) is 20.4. The van der Waals surface area contributed by atoms with Gasteiger partial charge in [-0.3, -0.25) is 4.79 Å². The normalized spacial score (nSPS) is 15.3. The fourth-order valence-corrected chi connectivity index (χ4v) is 2.45. The number of ether oxygens (including phenoxy) is 1. The van der Waals surface area contributed by atoms with Crippen LogP contribution in [-0.2, 0) is 4.79 Å². The number of guanidine groups is 1. The summed E-state index contributed by atoms with van der Waals surface area (Å²) in [5.74, 6) is 1.65. The molecule has 1 aliphatic carbocycles. The lowest BCUT2D eigenvalue weighted by Crippen LogP contribution is -2.39. The summed E-state index contributed by atoms with van der Waals surface area (Å²) in [5.41, 5.74) is 0. The van der Waals surface area contributed by atoms with Gasteiger partial charge in [0, 0.05) is 30.6 Å². The number of carbonyl (C=O) groups is 1. The van der Waals surface area contributed by atoms with Crippen LogP contribution in [-0.4, -0.2) is 43.6 Å². The highest BCUT2D eigenvalue weighted by Gasteiger charge is 2.22. The Kier molecular flexibility index (Phi) is 8.54. The van der Waals surface area contributed by atoms with Gasteiger partial charge in [-0.2, -0.15) is 0 Å². The largest absolute Gasteiger partial charge is 0.489 e. The molecule has 7 heteroatoms. The third kappa shape index (κ3) is 8.43. The van der Waals surface area contributed by atoms with Crippen LogP contribution in [0.5, 0.6) is 5.75 Å². The van der Waals surface area contributed by atoms with E-state index in [0.717, 1.165) is 37.5 Å². The molecule has 0 aromatic heterocycles. The van der Waals surface area contributed by atoms with Crippen LogP contribution < -0.4 is 20.7 Å². The molecule has 144 valence electrons. The molecular formula is C19H29ClN4O2. The van der Waals surface area contributed by atoms with Crippen LogP contribution in [0.15, 0.2) is 29.3 Å². The third-order valence-corrected chi connectivity index (χ3v) is 4.07. The molecule has 1 aromatic carbocycles. The summed E-state index contributed by atoms with van der Waals surface area (Å²) in [6, 6.07) is 7.73. The Balaban J connectivity index is 1.68. The monoisotopic (exact) mass is 380 g/mol. The second-order valence-corrected chi connectivity index (χ2v) is 6.91. The van der Waals surface area contributed by atoms with E-state index in [1.807, 2.05) is 26.0 Å². The first-order valence-electron chi connectivity index (χ1n) is 9.30. The predicted molar refractivity (Wildman–Crippen MR) is 106 cm³/mol. The van der Waals surface area contributed by atoms with E-state index in [2.05, 4.69) is 20.9 Å². The summed E-state index contributed by atoms with van der Waals surface area (Å²) in [6.07, 6.45) is 3.50. The average molecular weight is 381 g/mol. The van der Waals surface area contributed by atoms with E-state index in [1.54, 1.807) is 12.1 Å². The molecule has 1 amide bonds. The van der Waals surface area contributed by atoms with Crippen molar-refractivity contribution in [3.63, 3.8) is 0 Å². The van der Waals surface area contributed by atoms with Gasteiger partial charge in [0.25, 0.3) is 0 Å². The van der Waals surface area contributed by atoms with Crippen molar-refractivity contribution in [3.05, 3.63) is 29.3 Å². The second-order valence-electron chi connectivity index (χ2n) is 6.47. The molecule has 1 aromatic rings. The number of rotatable bonds is 10. The van der Waals surface area contributed by atoms with E-state index < -0.39 is 0 Å². The number of amides is 1. The summed E-state index contributed by atoms with van der Waals surface area (Å²) in [5, 5.41) is 10.1. The van der Waals surface area contributed by atoms with Crippen LogP contribution in [0.25, 0.3) is 0 Å². The highest BCUT2D eigenvalue weighted by molar-refractivity contribution is 6.30. The number of nitrogens with one attached hydrogen (secondary N) is 3. The van der Waals surface area contributed by atoms with Gasteiger partial charge in [0.1, 0.15) is 11.9 Å². The van der Waals surface area contributed by atoms with Gasteiger partial charge in [-0.15, -0.1) is 0 Å². The summed E-state index contributed by atoms with van der Waals surface area (Å²) in [7, 11) is 0. The van der Waals surface area contributed by atoms with E-state index in [-0.39, 0.29) is 12.0 Å². The van der Waals surface area contributed by atoms with E-state index >= 15 is 0 Å². The Morgan fingerprint density at radius 2 is 2.04 bits per heavy atom. The molecule has 0 aliphatic heterocycles. The van der Waals surface area contributed by atoms with Gasteiger partial charge in [0.15, 0.2) is 5.96 Å². The Hall–Kier alpha value is -1.95. The van der Waals surface area contributed by atoms with E-state index in [9.17, 15) is 4.79 Å². The highest BCUT2D eigenvalue weighted by Crippen LogP contribution is 2.18. The number of aliphatic imine (C=N–C) groups is 1. The highest BCUT2D eigenvalue weighted by atomic mass is 35.5. The zero-order valence-corrected chi connectivity index (χ0v) is 16.3. The number of hydrogen-bond donors (Lipinski definition) is 3. The van der Waals surface area contributed by atoms with Crippen LogP contribution in [0, 0.1) is 0 Å². The van der Waals surface area contributed by atoms with Gasteiger partial charge in [0.2, 0.25) is 5.91 Å². The molecule has 2 rings (SSSR count). The lowest BCUT2D eigenvalue weighted by molar-refractivity contribution is -0.121. The van der Waals surface area contributed by atoms with E-state index in [0.29, 0.717) is 30.6 Å². The number of nitrogens with zero attached hydrogens (tertiary/aromatic N) is 1. The van der Waals surface area contributed by atoms with Crippen LogP contribution in [0.4, 0.5) is 0 Å². The predicted octanol–water partition coefficient (Wildman–Crippen LogP) is 2.72. The molecule has 26 heavy (non-hydrogen) atoms. The zero-order valence-electron chi connectivity index (χ0n) is 15.6. The van der Waals surface area contributed by atoms with Crippen molar-refractivity contribution in [2.24, 2.45) is 4.99 Å². The molecule has 0 bridgehead atoms. The number of benzene rings is 1. The van der Waals surface area contributed by atoms with Gasteiger partial charge in [-0.05, 0) is 57.4 Å². The van der Waals surface area contributed by atoms with Crippen molar-refractivity contribution in [1.82, 2.24) is 16.0 Å². The molecular weight excluding hydrogens is 352 g/mol.